The number of amides is 1. The molecule has 156 valence electrons. The third kappa shape index (κ3) is 5.39. The van der Waals surface area contributed by atoms with E-state index in [1.807, 2.05) is 45.0 Å². The normalized spacial score (nSPS) is 11.0. The zero-order chi connectivity index (χ0) is 21.7. The van der Waals surface area contributed by atoms with Crippen LogP contribution in [0.1, 0.15) is 16.7 Å². The summed E-state index contributed by atoms with van der Waals surface area (Å²) in [4.78, 5) is 12.2. The molecule has 0 bridgehead atoms. The van der Waals surface area contributed by atoms with Crippen LogP contribution in [-0.4, -0.2) is 20.9 Å². The van der Waals surface area contributed by atoms with Crippen molar-refractivity contribution in [1.29, 1.82) is 0 Å². The van der Waals surface area contributed by atoms with Gasteiger partial charge in [0.15, 0.2) is 6.61 Å². The van der Waals surface area contributed by atoms with Crippen molar-refractivity contribution in [2.45, 2.75) is 25.7 Å². The first-order valence-electron chi connectivity index (χ1n) is 9.43. The number of carbonyl (C=O) groups is 1. The van der Waals surface area contributed by atoms with Crippen LogP contribution < -0.4 is 14.8 Å². The maximum atomic E-state index is 12.6. The first-order valence-corrected chi connectivity index (χ1v) is 10.9. The Morgan fingerprint density at radius 1 is 0.833 bits per heavy atom. The quantitative estimate of drug-likeness (QED) is 0.588. The summed E-state index contributed by atoms with van der Waals surface area (Å²) in [5.74, 6) is 0.314. The van der Waals surface area contributed by atoms with Gasteiger partial charge in [0.2, 0.25) is 0 Å². The number of benzene rings is 3. The maximum absolute atomic E-state index is 12.6. The Labute approximate surface area is 177 Å². The molecule has 0 saturated heterocycles. The van der Waals surface area contributed by atoms with Crippen molar-refractivity contribution in [3.05, 3.63) is 83.4 Å². The molecule has 0 aromatic heterocycles. The van der Waals surface area contributed by atoms with E-state index in [0.29, 0.717) is 17.1 Å². The summed E-state index contributed by atoms with van der Waals surface area (Å²) >= 11 is 0. The highest BCUT2D eigenvalue weighted by Crippen LogP contribution is 2.21. The van der Waals surface area contributed by atoms with Crippen LogP contribution >= 0.6 is 0 Å². The highest BCUT2D eigenvalue weighted by molar-refractivity contribution is 7.92. The van der Waals surface area contributed by atoms with Crippen LogP contribution in [0.3, 0.4) is 0 Å². The second-order valence-electron chi connectivity index (χ2n) is 7.03. The van der Waals surface area contributed by atoms with Gasteiger partial charge in [-0.2, -0.15) is 0 Å². The second kappa shape index (κ2) is 9.00. The van der Waals surface area contributed by atoms with Gasteiger partial charge >= 0.3 is 0 Å². The third-order valence-electron chi connectivity index (χ3n) is 4.66. The number of carbonyl (C=O) groups excluding carboxylic acids is 1. The van der Waals surface area contributed by atoms with Crippen LogP contribution in [-0.2, 0) is 14.8 Å². The smallest absolute Gasteiger partial charge is 0.262 e. The molecule has 0 aliphatic heterocycles. The lowest BCUT2D eigenvalue weighted by atomic mass is 10.1. The molecule has 0 saturated carbocycles. The molecule has 0 unspecified atom stereocenters. The molecule has 3 aromatic rings. The monoisotopic (exact) mass is 424 g/mol. The van der Waals surface area contributed by atoms with E-state index < -0.39 is 10.0 Å². The number of rotatable bonds is 7. The minimum Gasteiger partial charge on any atom is -0.483 e. The minimum absolute atomic E-state index is 0.106. The van der Waals surface area contributed by atoms with Gasteiger partial charge in [-0.15, -0.1) is 0 Å². The standard InChI is InChI=1S/C23H24N2O4S/c1-16-8-9-20(14-18(16)3)25-30(27,28)21-12-10-19(11-13-21)24-23(26)15-29-22-7-5-4-6-17(22)2/h4-14,25H,15H2,1-3H3,(H,24,26). The molecule has 30 heavy (non-hydrogen) atoms. The van der Waals surface area contributed by atoms with Crippen molar-refractivity contribution >= 4 is 27.3 Å². The van der Waals surface area contributed by atoms with Crippen molar-refractivity contribution in [3.8, 4) is 5.75 Å². The molecular formula is C23H24N2O4S. The van der Waals surface area contributed by atoms with Gasteiger partial charge in [0, 0.05) is 11.4 Å². The number of para-hydroxylation sites is 1. The van der Waals surface area contributed by atoms with Crippen molar-refractivity contribution in [2.75, 3.05) is 16.6 Å². The molecule has 0 radical (unpaired) electrons. The summed E-state index contributed by atoms with van der Waals surface area (Å²) in [6.45, 7) is 5.65. The van der Waals surface area contributed by atoms with Gasteiger partial charge in [0.1, 0.15) is 5.75 Å². The van der Waals surface area contributed by atoms with Gasteiger partial charge in [-0.25, -0.2) is 8.42 Å². The summed E-state index contributed by atoms with van der Waals surface area (Å²) in [6.07, 6.45) is 0. The largest absolute Gasteiger partial charge is 0.483 e. The molecule has 0 fully saturated rings. The Bertz CT molecular complexity index is 1160. The van der Waals surface area contributed by atoms with Gasteiger partial charge in [-0.05, 0) is 79.9 Å². The minimum atomic E-state index is -3.73. The lowest BCUT2D eigenvalue weighted by Crippen LogP contribution is -2.20. The van der Waals surface area contributed by atoms with Crippen molar-refractivity contribution in [1.82, 2.24) is 0 Å². The van der Waals surface area contributed by atoms with E-state index in [1.165, 1.54) is 12.1 Å². The first-order chi connectivity index (χ1) is 14.2. The van der Waals surface area contributed by atoms with Gasteiger partial charge in [0.25, 0.3) is 15.9 Å². The Balaban J connectivity index is 1.61. The fourth-order valence-electron chi connectivity index (χ4n) is 2.80. The maximum Gasteiger partial charge on any atom is 0.262 e. The number of aryl methyl sites for hydroxylation is 3. The van der Waals surface area contributed by atoms with E-state index >= 15 is 0 Å². The highest BCUT2D eigenvalue weighted by Gasteiger charge is 2.15. The van der Waals surface area contributed by atoms with E-state index in [-0.39, 0.29) is 17.4 Å². The van der Waals surface area contributed by atoms with Gasteiger partial charge in [-0.3, -0.25) is 9.52 Å². The summed E-state index contributed by atoms with van der Waals surface area (Å²) in [5, 5.41) is 2.69. The number of sulfonamides is 1. The van der Waals surface area contributed by atoms with Crippen LogP contribution in [0.5, 0.6) is 5.75 Å². The van der Waals surface area contributed by atoms with Crippen LogP contribution in [0.15, 0.2) is 71.6 Å². The van der Waals surface area contributed by atoms with E-state index in [1.54, 1.807) is 30.3 Å². The number of hydrogen-bond donors (Lipinski definition) is 2. The van der Waals surface area contributed by atoms with Crippen molar-refractivity contribution < 1.29 is 17.9 Å². The van der Waals surface area contributed by atoms with E-state index in [4.69, 9.17) is 4.74 Å². The van der Waals surface area contributed by atoms with E-state index in [2.05, 4.69) is 10.0 Å². The summed E-state index contributed by atoms with van der Waals surface area (Å²) < 4.78 is 33.3. The lowest BCUT2D eigenvalue weighted by Gasteiger charge is -2.11. The van der Waals surface area contributed by atoms with E-state index in [0.717, 1.165) is 16.7 Å². The lowest BCUT2D eigenvalue weighted by molar-refractivity contribution is -0.118. The molecule has 2 N–H and O–H groups in total. The summed E-state index contributed by atoms with van der Waals surface area (Å²) in [5.41, 5.74) is 4.02. The Kier molecular flexibility index (Phi) is 6.42. The summed E-state index contributed by atoms with van der Waals surface area (Å²) in [7, 11) is -3.73. The highest BCUT2D eigenvalue weighted by atomic mass is 32.2. The van der Waals surface area contributed by atoms with Crippen LogP contribution in [0.25, 0.3) is 0 Å². The van der Waals surface area contributed by atoms with Crippen molar-refractivity contribution in [3.63, 3.8) is 0 Å². The molecule has 0 atom stereocenters. The predicted molar refractivity (Wildman–Crippen MR) is 118 cm³/mol. The topological polar surface area (TPSA) is 84.5 Å². The Morgan fingerprint density at radius 3 is 2.17 bits per heavy atom. The first kappa shape index (κ1) is 21.4. The van der Waals surface area contributed by atoms with Gasteiger partial charge in [-0.1, -0.05) is 24.3 Å². The number of nitrogens with one attached hydrogen (secondary N) is 2. The molecular weight excluding hydrogens is 400 g/mol. The SMILES string of the molecule is Cc1ccc(NS(=O)(=O)c2ccc(NC(=O)COc3ccccc3C)cc2)cc1C. The number of hydrogen-bond acceptors (Lipinski definition) is 4. The Morgan fingerprint density at radius 2 is 1.50 bits per heavy atom. The molecule has 0 aliphatic carbocycles. The third-order valence-corrected chi connectivity index (χ3v) is 6.06. The average Bonchev–Trinajstić information content (AvgIpc) is 2.70. The molecule has 0 spiro atoms. The molecule has 7 heteroatoms. The fourth-order valence-corrected chi connectivity index (χ4v) is 3.84. The fraction of sp³-hybridized carbons (Fsp3) is 0.174. The predicted octanol–water partition coefficient (Wildman–Crippen LogP) is 4.43. The zero-order valence-electron chi connectivity index (χ0n) is 17.1. The molecule has 6 nitrogen and oxygen atoms in total. The van der Waals surface area contributed by atoms with Gasteiger partial charge < -0.3 is 10.1 Å². The zero-order valence-corrected chi connectivity index (χ0v) is 17.9. The molecule has 1 amide bonds. The summed E-state index contributed by atoms with van der Waals surface area (Å²) in [6, 6.07) is 18.8. The molecule has 3 aromatic carbocycles. The molecule has 0 aliphatic rings. The molecule has 3 rings (SSSR count). The molecule has 0 heterocycles. The van der Waals surface area contributed by atoms with Gasteiger partial charge in [0.05, 0.1) is 4.90 Å². The second-order valence-corrected chi connectivity index (χ2v) is 8.71. The van der Waals surface area contributed by atoms with Crippen LogP contribution in [0, 0.1) is 20.8 Å². The van der Waals surface area contributed by atoms with Crippen LogP contribution in [0.4, 0.5) is 11.4 Å². The van der Waals surface area contributed by atoms with Crippen LogP contribution in [0.2, 0.25) is 0 Å². The van der Waals surface area contributed by atoms with Crippen molar-refractivity contribution in [2.24, 2.45) is 0 Å². The average molecular weight is 425 g/mol. The number of anilines is 2. The number of ether oxygens (including phenoxy) is 1. The Hall–Kier alpha value is -3.32. The van der Waals surface area contributed by atoms with E-state index in [9.17, 15) is 13.2 Å².